The van der Waals surface area contributed by atoms with E-state index in [0.29, 0.717) is 29.0 Å². The molecule has 36 heavy (non-hydrogen) atoms. The van der Waals surface area contributed by atoms with Gasteiger partial charge < -0.3 is 10.6 Å². The van der Waals surface area contributed by atoms with Crippen molar-refractivity contribution in [2.45, 2.75) is 39.0 Å². The number of hydrogen-bond acceptors (Lipinski definition) is 9. The predicted octanol–water partition coefficient (Wildman–Crippen LogP) is 4.94. The molecule has 1 unspecified atom stereocenters. The number of benzene rings is 1. The van der Waals surface area contributed by atoms with Crippen molar-refractivity contribution in [2.24, 2.45) is 5.92 Å². The Morgan fingerprint density at radius 2 is 1.53 bits per heavy atom. The number of carbonyl (C=O) groups excluding carboxylic acids is 2. The number of hydrogen-bond donors (Lipinski definition) is 2. The lowest BCUT2D eigenvalue weighted by molar-refractivity contribution is -0.116. The minimum Gasteiger partial charge on any atom is -0.300 e. The fourth-order valence-corrected chi connectivity index (χ4v) is 6.26. The number of aromatic nitrogens is 4. The molecule has 0 radical (unpaired) electrons. The maximum atomic E-state index is 12.3. The van der Waals surface area contributed by atoms with Gasteiger partial charge in [-0.05, 0) is 29.4 Å². The molecular formula is C25H28N6O2S3. The molecule has 0 fully saturated rings. The van der Waals surface area contributed by atoms with E-state index in [0.717, 1.165) is 51.9 Å². The van der Waals surface area contributed by atoms with Crippen molar-refractivity contribution in [1.29, 1.82) is 0 Å². The van der Waals surface area contributed by atoms with Gasteiger partial charge >= 0.3 is 0 Å². The molecule has 2 aromatic heterocycles. The second kappa shape index (κ2) is 13.4. The first kappa shape index (κ1) is 26.2. The fourth-order valence-electron chi connectivity index (χ4n) is 3.61. The van der Waals surface area contributed by atoms with Gasteiger partial charge in [-0.1, -0.05) is 83.7 Å². The summed E-state index contributed by atoms with van der Waals surface area (Å²) in [6.07, 6.45) is 9.40. The Labute approximate surface area is 222 Å². The van der Waals surface area contributed by atoms with Crippen molar-refractivity contribution in [3.05, 3.63) is 69.7 Å². The van der Waals surface area contributed by atoms with Crippen LogP contribution in [0.3, 0.4) is 0 Å². The van der Waals surface area contributed by atoms with E-state index in [9.17, 15) is 9.59 Å². The molecule has 0 aliphatic heterocycles. The number of nitrogens with zero attached hydrogens (tertiary/aromatic N) is 4. The zero-order valence-corrected chi connectivity index (χ0v) is 22.4. The van der Waals surface area contributed by atoms with Crippen molar-refractivity contribution in [1.82, 2.24) is 20.4 Å². The van der Waals surface area contributed by atoms with Gasteiger partial charge in [-0.15, -0.1) is 20.4 Å². The molecular weight excluding hydrogens is 513 g/mol. The van der Waals surface area contributed by atoms with Crippen LogP contribution in [0.25, 0.3) is 0 Å². The summed E-state index contributed by atoms with van der Waals surface area (Å²) in [5.41, 5.74) is 2.10. The molecule has 3 aromatic rings. The van der Waals surface area contributed by atoms with Gasteiger partial charge in [0.05, 0.1) is 6.42 Å². The highest BCUT2D eigenvalue weighted by Gasteiger charge is 2.13. The highest BCUT2D eigenvalue weighted by atomic mass is 32.2. The molecule has 8 nitrogen and oxygen atoms in total. The van der Waals surface area contributed by atoms with Crippen LogP contribution in [-0.4, -0.2) is 43.7 Å². The van der Waals surface area contributed by atoms with E-state index >= 15 is 0 Å². The van der Waals surface area contributed by atoms with Gasteiger partial charge in [-0.25, -0.2) is 0 Å². The Bertz CT molecular complexity index is 1220. The predicted molar refractivity (Wildman–Crippen MR) is 148 cm³/mol. The summed E-state index contributed by atoms with van der Waals surface area (Å²) in [5, 5.41) is 25.1. The molecule has 1 aromatic carbocycles. The van der Waals surface area contributed by atoms with Crippen molar-refractivity contribution < 1.29 is 9.59 Å². The number of anilines is 2. The van der Waals surface area contributed by atoms with E-state index in [4.69, 9.17) is 0 Å². The number of aryl methyl sites for hydroxylation is 2. The van der Waals surface area contributed by atoms with E-state index < -0.39 is 0 Å². The van der Waals surface area contributed by atoms with Crippen LogP contribution < -0.4 is 10.6 Å². The van der Waals surface area contributed by atoms with Crippen molar-refractivity contribution in [2.75, 3.05) is 22.1 Å². The number of amides is 2. The minimum atomic E-state index is -0.0938. The van der Waals surface area contributed by atoms with Crippen LogP contribution in [0.2, 0.25) is 0 Å². The molecule has 2 amide bonds. The zero-order valence-electron chi connectivity index (χ0n) is 20.0. The topological polar surface area (TPSA) is 110 Å². The van der Waals surface area contributed by atoms with E-state index in [2.05, 4.69) is 44.0 Å². The summed E-state index contributed by atoms with van der Waals surface area (Å²) < 4.78 is 0. The van der Waals surface area contributed by atoms with E-state index in [-0.39, 0.29) is 11.8 Å². The lowest BCUT2D eigenvalue weighted by Gasteiger charge is -2.13. The van der Waals surface area contributed by atoms with Gasteiger partial charge in [0.25, 0.3) is 0 Å². The molecule has 1 aliphatic rings. The van der Waals surface area contributed by atoms with Crippen LogP contribution in [0.15, 0.2) is 54.1 Å². The lowest BCUT2D eigenvalue weighted by atomic mass is 9.94. The average Bonchev–Trinajstić information content (AvgIpc) is 3.48. The summed E-state index contributed by atoms with van der Waals surface area (Å²) in [4.78, 5) is 24.5. The first-order valence-corrected chi connectivity index (χ1v) is 14.5. The molecule has 1 aliphatic carbocycles. The van der Waals surface area contributed by atoms with Crippen LogP contribution in [0.5, 0.6) is 0 Å². The third-order valence-corrected chi connectivity index (χ3v) is 8.08. The number of carbonyl (C=O) groups is 2. The molecule has 4 rings (SSSR count). The summed E-state index contributed by atoms with van der Waals surface area (Å²) in [6.45, 7) is 2.15. The monoisotopic (exact) mass is 540 g/mol. The Hall–Kier alpha value is -2.89. The second-order valence-corrected chi connectivity index (χ2v) is 11.8. The molecule has 0 saturated carbocycles. The Kier molecular flexibility index (Phi) is 9.76. The molecule has 11 heteroatoms. The number of nitrogens with one attached hydrogen (secondary N) is 2. The van der Waals surface area contributed by atoms with Crippen LogP contribution >= 0.6 is 34.4 Å². The van der Waals surface area contributed by atoms with Crippen LogP contribution in [0, 0.1) is 5.92 Å². The Morgan fingerprint density at radius 1 is 0.917 bits per heavy atom. The van der Waals surface area contributed by atoms with Gasteiger partial charge in [-0.3, -0.25) is 9.59 Å². The summed E-state index contributed by atoms with van der Waals surface area (Å²) >= 11 is 4.64. The molecule has 2 heterocycles. The van der Waals surface area contributed by atoms with E-state index in [1.807, 2.05) is 42.5 Å². The van der Waals surface area contributed by atoms with Gasteiger partial charge in [-0.2, -0.15) is 11.8 Å². The number of rotatable bonds is 12. The van der Waals surface area contributed by atoms with Crippen LogP contribution in [0.4, 0.5) is 10.3 Å². The fraction of sp³-hybridized carbons (Fsp3) is 0.360. The lowest BCUT2D eigenvalue weighted by Crippen LogP contribution is -2.14. The quantitative estimate of drug-likeness (QED) is 0.313. The minimum absolute atomic E-state index is 0.0477. The molecule has 2 N–H and O–H groups in total. The second-order valence-electron chi connectivity index (χ2n) is 8.44. The summed E-state index contributed by atoms with van der Waals surface area (Å²) in [7, 11) is 0. The van der Waals surface area contributed by atoms with E-state index in [1.54, 1.807) is 11.8 Å². The maximum Gasteiger partial charge on any atom is 0.230 e. The van der Waals surface area contributed by atoms with Crippen molar-refractivity contribution in [3.63, 3.8) is 0 Å². The molecule has 0 bridgehead atoms. The molecule has 188 valence electrons. The van der Waals surface area contributed by atoms with E-state index in [1.165, 1.54) is 22.7 Å². The largest absolute Gasteiger partial charge is 0.300 e. The Balaban J connectivity index is 1.11. The Morgan fingerprint density at radius 3 is 2.14 bits per heavy atom. The van der Waals surface area contributed by atoms with Crippen molar-refractivity contribution in [3.8, 4) is 0 Å². The van der Waals surface area contributed by atoms with Crippen molar-refractivity contribution >= 4 is 56.5 Å². The molecule has 0 spiro atoms. The van der Waals surface area contributed by atoms with Gasteiger partial charge in [0.1, 0.15) is 10.0 Å². The highest BCUT2D eigenvalue weighted by molar-refractivity contribution is 7.99. The van der Waals surface area contributed by atoms with Crippen LogP contribution in [-0.2, 0) is 28.9 Å². The zero-order chi connectivity index (χ0) is 25.2. The first-order valence-electron chi connectivity index (χ1n) is 11.8. The van der Waals surface area contributed by atoms with Gasteiger partial charge in [0.15, 0.2) is 0 Å². The highest BCUT2D eigenvalue weighted by Crippen LogP contribution is 2.23. The molecule has 0 saturated heterocycles. The SMILES string of the molecule is CC1C=CC=C(CC(=O)Nc2nnc(CCSCCc3nnc(NC(=O)Cc4ccccc4)s3)s2)C1. The number of thioether (sulfide) groups is 1. The number of allylic oxidation sites excluding steroid dienone is 3. The third-order valence-electron chi connectivity index (χ3n) is 5.30. The normalized spacial score (nSPS) is 14.9. The van der Waals surface area contributed by atoms with Gasteiger partial charge in [0, 0.05) is 19.3 Å². The van der Waals surface area contributed by atoms with Gasteiger partial charge in [0.2, 0.25) is 22.1 Å². The smallest absolute Gasteiger partial charge is 0.230 e. The standard InChI is InChI=1S/C25H28N6O2S3/c1-17-6-5-9-19(14-17)16-21(33)27-25-31-29-23(36-25)11-13-34-12-10-22-28-30-24(35-22)26-20(32)15-18-7-3-2-4-8-18/h2-9,17H,10-16H2,1H3,(H,26,30,32)(H,27,31,33). The average molecular weight is 541 g/mol. The summed E-state index contributed by atoms with van der Waals surface area (Å²) in [6, 6.07) is 9.61. The first-order chi connectivity index (χ1) is 17.5. The molecule has 1 atom stereocenters. The third kappa shape index (κ3) is 8.65. The summed E-state index contributed by atoms with van der Waals surface area (Å²) in [5.74, 6) is 2.14. The van der Waals surface area contributed by atoms with Crippen LogP contribution in [0.1, 0.15) is 35.3 Å². The maximum absolute atomic E-state index is 12.3.